The molecule has 0 radical (unpaired) electrons. The van der Waals surface area contributed by atoms with Crippen molar-refractivity contribution in [2.45, 2.75) is 155 Å². The van der Waals surface area contributed by atoms with Gasteiger partial charge in [0.15, 0.2) is 0 Å². The number of carbonyl (C=O) groups is 2. The topological polar surface area (TPSA) is 63.6 Å². The molecule has 0 heterocycles. The third-order valence-corrected chi connectivity index (χ3v) is 7.03. The van der Waals surface area contributed by atoms with Gasteiger partial charge < -0.3 is 9.84 Å². The zero-order valence-corrected chi connectivity index (χ0v) is 23.7. The number of carboxylic acid groups (broad SMARTS) is 1. The maximum absolute atomic E-state index is 11.6. The molecule has 0 aliphatic carbocycles. The first-order chi connectivity index (χ1) is 17.6. The van der Waals surface area contributed by atoms with Crippen molar-refractivity contribution in [2.75, 3.05) is 6.61 Å². The highest BCUT2D eigenvalue weighted by molar-refractivity contribution is 5.78. The van der Waals surface area contributed by atoms with E-state index in [2.05, 4.69) is 25.7 Å². The van der Waals surface area contributed by atoms with Crippen molar-refractivity contribution >= 4 is 11.9 Å². The number of hydrogen-bond acceptors (Lipinski definition) is 3. The van der Waals surface area contributed by atoms with E-state index in [0.29, 0.717) is 6.42 Å². The van der Waals surface area contributed by atoms with Crippen molar-refractivity contribution in [3.05, 3.63) is 24.8 Å². The van der Waals surface area contributed by atoms with Crippen LogP contribution in [-0.2, 0) is 14.3 Å². The fraction of sp³-hybridized carbons (Fsp3) is 0.812. The van der Waals surface area contributed by atoms with Crippen LogP contribution in [0.2, 0.25) is 0 Å². The highest BCUT2D eigenvalue weighted by atomic mass is 16.5. The van der Waals surface area contributed by atoms with Crippen LogP contribution in [0.1, 0.15) is 155 Å². The molecule has 1 N–H and O–H groups in total. The second-order valence-corrected chi connectivity index (χ2v) is 10.4. The van der Waals surface area contributed by atoms with Gasteiger partial charge in [-0.05, 0) is 26.2 Å². The molecular formula is C32H58O4. The molecule has 0 amide bonds. The quantitative estimate of drug-likeness (QED) is 0.0651. The number of allylic oxidation sites excluding steroid dienone is 2. The van der Waals surface area contributed by atoms with Crippen LogP contribution in [0.15, 0.2) is 24.8 Å². The number of rotatable bonds is 28. The molecule has 0 bridgehead atoms. The van der Waals surface area contributed by atoms with Crippen LogP contribution in [0.3, 0.4) is 0 Å². The Morgan fingerprint density at radius 2 is 1.08 bits per heavy atom. The number of ether oxygens (including phenoxy) is 1. The van der Waals surface area contributed by atoms with Crippen molar-refractivity contribution in [2.24, 2.45) is 5.92 Å². The molecule has 4 nitrogen and oxygen atoms in total. The van der Waals surface area contributed by atoms with Crippen LogP contribution in [0.25, 0.3) is 0 Å². The normalized spacial score (nSPS) is 12.1. The van der Waals surface area contributed by atoms with Gasteiger partial charge in [-0.2, -0.15) is 0 Å². The van der Waals surface area contributed by atoms with E-state index >= 15 is 0 Å². The van der Waals surface area contributed by atoms with Gasteiger partial charge in [0.05, 0.1) is 12.3 Å². The number of carboxylic acids is 1. The predicted octanol–water partition coefficient (Wildman–Crippen LogP) is 9.96. The fourth-order valence-electron chi connectivity index (χ4n) is 4.73. The average Bonchev–Trinajstić information content (AvgIpc) is 2.87. The van der Waals surface area contributed by atoms with Gasteiger partial charge in [-0.3, -0.25) is 9.59 Å². The van der Waals surface area contributed by atoms with Crippen LogP contribution < -0.4 is 0 Å². The first kappa shape index (κ1) is 34.4. The monoisotopic (exact) mass is 506 g/mol. The third-order valence-electron chi connectivity index (χ3n) is 7.03. The summed E-state index contributed by atoms with van der Waals surface area (Å²) in [5, 5.41) is 9.30. The van der Waals surface area contributed by atoms with Crippen molar-refractivity contribution in [3.63, 3.8) is 0 Å². The van der Waals surface area contributed by atoms with Crippen molar-refractivity contribution in [1.82, 2.24) is 0 Å². The van der Waals surface area contributed by atoms with Crippen LogP contribution in [0, 0.1) is 5.92 Å². The zero-order chi connectivity index (χ0) is 26.5. The average molecular weight is 507 g/mol. The van der Waals surface area contributed by atoms with Crippen molar-refractivity contribution in [1.29, 1.82) is 0 Å². The van der Waals surface area contributed by atoms with Crippen molar-refractivity contribution in [3.8, 4) is 0 Å². The Labute approximate surface area is 223 Å². The highest BCUT2D eigenvalue weighted by Gasteiger charge is 2.21. The Hall–Kier alpha value is -1.58. The van der Waals surface area contributed by atoms with Gasteiger partial charge in [-0.15, -0.1) is 0 Å². The molecule has 210 valence electrons. The van der Waals surface area contributed by atoms with Gasteiger partial charge in [0.2, 0.25) is 0 Å². The number of hydrogen-bond donors (Lipinski definition) is 1. The fourth-order valence-corrected chi connectivity index (χ4v) is 4.73. The van der Waals surface area contributed by atoms with Crippen LogP contribution >= 0.6 is 0 Å². The van der Waals surface area contributed by atoms with E-state index in [1.165, 1.54) is 122 Å². The minimum Gasteiger partial charge on any atom is -0.481 e. The molecule has 0 rings (SSSR count). The standard InChI is InChI=1S/C32H58O4/c1-3-5-6-7-8-9-10-11-12-13-14-15-16-17-18-19-20-21-22-23-24-25-26-27-30(32(34)35)29-31(33)36-28-4-2/h3-5,30H,2,6-29H2,1H3,(H,34,35)/b5-3+. The lowest BCUT2D eigenvalue weighted by Crippen LogP contribution is -2.19. The number of esters is 1. The molecule has 0 aromatic carbocycles. The second-order valence-electron chi connectivity index (χ2n) is 10.4. The molecule has 0 spiro atoms. The molecular weight excluding hydrogens is 448 g/mol. The first-order valence-corrected chi connectivity index (χ1v) is 15.2. The smallest absolute Gasteiger partial charge is 0.307 e. The summed E-state index contributed by atoms with van der Waals surface area (Å²) >= 11 is 0. The van der Waals surface area contributed by atoms with E-state index in [4.69, 9.17) is 4.74 Å². The zero-order valence-electron chi connectivity index (χ0n) is 23.7. The van der Waals surface area contributed by atoms with Gasteiger partial charge in [-0.25, -0.2) is 0 Å². The molecule has 1 unspecified atom stereocenters. The minimum absolute atomic E-state index is 0.0407. The Kier molecular flexibility index (Phi) is 26.8. The maximum Gasteiger partial charge on any atom is 0.307 e. The summed E-state index contributed by atoms with van der Waals surface area (Å²) in [4.78, 5) is 22.9. The summed E-state index contributed by atoms with van der Waals surface area (Å²) in [5.74, 6) is -1.98. The molecule has 36 heavy (non-hydrogen) atoms. The summed E-state index contributed by atoms with van der Waals surface area (Å²) in [7, 11) is 0. The first-order valence-electron chi connectivity index (χ1n) is 15.2. The molecule has 0 aromatic heterocycles. The predicted molar refractivity (Wildman–Crippen MR) is 153 cm³/mol. The SMILES string of the molecule is C=CCOC(=O)CC(CCCCCCCCCCCCCCCCCCCCCC/C=C/C)C(=O)O. The molecule has 0 aromatic rings. The Bertz CT molecular complexity index is 540. The number of aliphatic carboxylic acids is 1. The molecule has 1 atom stereocenters. The van der Waals surface area contributed by atoms with Gasteiger partial charge >= 0.3 is 11.9 Å². The maximum atomic E-state index is 11.6. The largest absolute Gasteiger partial charge is 0.481 e. The van der Waals surface area contributed by atoms with E-state index in [9.17, 15) is 14.7 Å². The molecule has 0 saturated heterocycles. The van der Waals surface area contributed by atoms with Gasteiger partial charge in [0.25, 0.3) is 0 Å². The lowest BCUT2D eigenvalue weighted by Gasteiger charge is -2.11. The van der Waals surface area contributed by atoms with E-state index in [1.807, 2.05) is 0 Å². The molecule has 0 aliphatic heterocycles. The molecule has 0 aliphatic rings. The lowest BCUT2D eigenvalue weighted by molar-refractivity contribution is -0.151. The second kappa shape index (κ2) is 28.0. The molecule has 0 saturated carbocycles. The summed E-state index contributed by atoms with van der Waals surface area (Å²) in [5.41, 5.74) is 0. The van der Waals surface area contributed by atoms with E-state index < -0.39 is 17.9 Å². The van der Waals surface area contributed by atoms with Gasteiger partial charge in [0.1, 0.15) is 6.61 Å². The lowest BCUT2D eigenvalue weighted by atomic mass is 9.97. The minimum atomic E-state index is -0.900. The Balaban J connectivity index is 3.31. The van der Waals surface area contributed by atoms with Crippen molar-refractivity contribution < 1.29 is 19.4 Å². The summed E-state index contributed by atoms with van der Waals surface area (Å²) in [6.07, 6.45) is 34.3. The summed E-state index contributed by atoms with van der Waals surface area (Å²) < 4.78 is 4.90. The van der Waals surface area contributed by atoms with Crippen LogP contribution in [-0.4, -0.2) is 23.7 Å². The summed E-state index contributed by atoms with van der Waals surface area (Å²) in [6, 6.07) is 0. The highest BCUT2D eigenvalue weighted by Crippen LogP contribution is 2.18. The van der Waals surface area contributed by atoms with Crippen LogP contribution in [0.4, 0.5) is 0 Å². The molecule has 0 fully saturated rings. The number of unbranched alkanes of at least 4 members (excludes halogenated alkanes) is 20. The number of carbonyl (C=O) groups excluding carboxylic acids is 1. The van der Waals surface area contributed by atoms with Gasteiger partial charge in [-0.1, -0.05) is 147 Å². The van der Waals surface area contributed by atoms with Crippen LogP contribution in [0.5, 0.6) is 0 Å². The van der Waals surface area contributed by atoms with E-state index in [-0.39, 0.29) is 13.0 Å². The Morgan fingerprint density at radius 3 is 1.44 bits per heavy atom. The van der Waals surface area contributed by atoms with E-state index in [0.717, 1.165) is 19.3 Å². The Morgan fingerprint density at radius 1 is 0.694 bits per heavy atom. The molecule has 4 heteroatoms. The third kappa shape index (κ3) is 25.5. The van der Waals surface area contributed by atoms with Gasteiger partial charge in [0, 0.05) is 0 Å². The summed E-state index contributed by atoms with van der Waals surface area (Å²) in [6.45, 7) is 5.74. The van der Waals surface area contributed by atoms with E-state index in [1.54, 1.807) is 0 Å².